The average Bonchev–Trinajstić information content (AvgIpc) is 2.86. The highest BCUT2D eigenvalue weighted by atomic mass is 35.5. The van der Waals surface area contributed by atoms with Gasteiger partial charge < -0.3 is 5.32 Å². The first-order valence-corrected chi connectivity index (χ1v) is 7.13. The number of nitrogens with one attached hydrogen (secondary N) is 1. The Labute approximate surface area is 116 Å². The zero-order chi connectivity index (χ0) is 13.0. The van der Waals surface area contributed by atoms with Crippen LogP contribution in [0.5, 0.6) is 0 Å². The zero-order valence-electron chi connectivity index (χ0n) is 10.1. The fourth-order valence-electron chi connectivity index (χ4n) is 1.92. The molecule has 1 unspecified atom stereocenters. The summed E-state index contributed by atoms with van der Waals surface area (Å²) in [5.41, 5.74) is 2.38. The summed E-state index contributed by atoms with van der Waals surface area (Å²) in [4.78, 5) is 0. The van der Waals surface area contributed by atoms with Crippen molar-refractivity contribution in [1.29, 1.82) is 0 Å². The molecule has 0 radical (unpaired) electrons. The maximum atomic E-state index is 13.1. The maximum Gasteiger partial charge on any atom is 0.141 e. The van der Waals surface area contributed by atoms with Crippen molar-refractivity contribution in [2.24, 2.45) is 0 Å². The number of halogens is 2. The number of rotatable bonds is 5. The Bertz CT molecular complexity index is 499. The second kappa shape index (κ2) is 6.32. The summed E-state index contributed by atoms with van der Waals surface area (Å²) in [5, 5.41) is 7.72. The predicted octanol–water partition coefficient (Wildman–Crippen LogP) is 3.91. The molecular formula is C14H15ClFNS. The lowest BCUT2D eigenvalue weighted by Gasteiger charge is -2.15. The van der Waals surface area contributed by atoms with Gasteiger partial charge in [0.2, 0.25) is 0 Å². The molecule has 0 aliphatic carbocycles. The number of hydrogen-bond donors (Lipinski definition) is 1. The number of hydrogen-bond acceptors (Lipinski definition) is 2. The molecule has 1 atom stereocenters. The SMILES string of the molecule is CNC(Cc1ccsc1)Cc1ccc(F)c(Cl)c1. The number of benzene rings is 1. The molecule has 4 heteroatoms. The van der Waals surface area contributed by atoms with Crippen molar-refractivity contribution < 1.29 is 4.39 Å². The van der Waals surface area contributed by atoms with Gasteiger partial charge in [0.1, 0.15) is 5.82 Å². The van der Waals surface area contributed by atoms with Crippen LogP contribution in [0.15, 0.2) is 35.0 Å². The van der Waals surface area contributed by atoms with Gasteiger partial charge in [0.25, 0.3) is 0 Å². The fourth-order valence-corrected chi connectivity index (χ4v) is 2.81. The van der Waals surface area contributed by atoms with Crippen LogP contribution in [0.25, 0.3) is 0 Å². The van der Waals surface area contributed by atoms with E-state index in [1.807, 2.05) is 7.05 Å². The van der Waals surface area contributed by atoms with Gasteiger partial charge in [-0.25, -0.2) is 4.39 Å². The first-order chi connectivity index (χ1) is 8.69. The molecule has 1 aromatic carbocycles. The Hall–Kier alpha value is -0.900. The highest BCUT2D eigenvalue weighted by Crippen LogP contribution is 2.18. The van der Waals surface area contributed by atoms with Crippen LogP contribution < -0.4 is 5.32 Å². The van der Waals surface area contributed by atoms with E-state index in [0.717, 1.165) is 18.4 Å². The van der Waals surface area contributed by atoms with Gasteiger partial charge in [-0.2, -0.15) is 11.3 Å². The Morgan fingerprint density at radius 2 is 2.06 bits per heavy atom. The van der Waals surface area contributed by atoms with Crippen LogP contribution >= 0.6 is 22.9 Å². The normalized spacial score (nSPS) is 12.6. The summed E-state index contributed by atoms with van der Waals surface area (Å²) in [7, 11) is 1.95. The van der Waals surface area contributed by atoms with Crippen molar-refractivity contribution in [3.63, 3.8) is 0 Å². The van der Waals surface area contributed by atoms with E-state index in [1.165, 1.54) is 11.6 Å². The molecule has 0 amide bonds. The third kappa shape index (κ3) is 3.55. The standard InChI is InChI=1S/C14H15ClFNS/c1-17-12(7-11-4-5-18-9-11)6-10-2-3-14(16)13(15)8-10/h2-5,8-9,12,17H,6-7H2,1H3. The van der Waals surface area contributed by atoms with Crippen LogP contribution in [-0.2, 0) is 12.8 Å². The highest BCUT2D eigenvalue weighted by Gasteiger charge is 2.10. The van der Waals surface area contributed by atoms with Gasteiger partial charge in [0, 0.05) is 6.04 Å². The van der Waals surface area contributed by atoms with Gasteiger partial charge in [-0.05, 0) is 60.0 Å². The van der Waals surface area contributed by atoms with E-state index in [4.69, 9.17) is 11.6 Å². The molecule has 0 aliphatic rings. The van der Waals surface area contributed by atoms with Crippen molar-refractivity contribution in [3.05, 3.63) is 57.0 Å². The number of thiophene rings is 1. The van der Waals surface area contributed by atoms with Gasteiger partial charge in [0.05, 0.1) is 5.02 Å². The van der Waals surface area contributed by atoms with Crippen LogP contribution in [0.4, 0.5) is 4.39 Å². The Balaban J connectivity index is 2.03. The largest absolute Gasteiger partial charge is 0.316 e. The summed E-state index contributed by atoms with van der Waals surface area (Å²) in [6.07, 6.45) is 1.81. The van der Waals surface area contributed by atoms with Crippen LogP contribution in [0.1, 0.15) is 11.1 Å². The molecule has 0 fully saturated rings. The minimum atomic E-state index is -0.362. The van der Waals surface area contributed by atoms with Crippen molar-refractivity contribution in [2.75, 3.05) is 7.05 Å². The molecule has 0 spiro atoms. The van der Waals surface area contributed by atoms with Crippen LogP contribution in [0.2, 0.25) is 5.02 Å². The Morgan fingerprint density at radius 3 is 2.67 bits per heavy atom. The molecule has 1 N–H and O–H groups in total. The second-order valence-corrected chi connectivity index (χ2v) is 5.46. The topological polar surface area (TPSA) is 12.0 Å². The van der Waals surface area contributed by atoms with Gasteiger partial charge >= 0.3 is 0 Å². The van der Waals surface area contributed by atoms with E-state index in [0.29, 0.717) is 6.04 Å². The maximum absolute atomic E-state index is 13.1. The number of likely N-dealkylation sites (N-methyl/N-ethyl adjacent to an activating group) is 1. The summed E-state index contributed by atoms with van der Waals surface area (Å²) in [6.45, 7) is 0. The lowest BCUT2D eigenvalue weighted by Crippen LogP contribution is -2.29. The van der Waals surface area contributed by atoms with E-state index >= 15 is 0 Å². The van der Waals surface area contributed by atoms with Crippen LogP contribution in [0, 0.1) is 5.82 Å². The molecule has 0 aliphatic heterocycles. The zero-order valence-corrected chi connectivity index (χ0v) is 11.7. The summed E-state index contributed by atoms with van der Waals surface area (Å²) in [5.74, 6) is -0.362. The van der Waals surface area contributed by atoms with Crippen molar-refractivity contribution in [2.45, 2.75) is 18.9 Å². The van der Waals surface area contributed by atoms with E-state index in [1.54, 1.807) is 23.5 Å². The van der Waals surface area contributed by atoms with Crippen molar-refractivity contribution >= 4 is 22.9 Å². The molecule has 0 saturated heterocycles. The van der Waals surface area contributed by atoms with E-state index in [-0.39, 0.29) is 10.8 Å². The quantitative estimate of drug-likeness (QED) is 0.877. The molecule has 2 rings (SSSR count). The van der Waals surface area contributed by atoms with Crippen molar-refractivity contribution in [1.82, 2.24) is 5.32 Å². The van der Waals surface area contributed by atoms with Crippen LogP contribution in [0.3, 0.4) is 0 Å². The molecule has 18 heavy (non-hydrogen) atoms. The first-order valence-electron chi connectivity index (χ1n) is 5.81. The minimum Gasteiger partial charge on any atom is -0.316 e. The molecule has 2 aromatic rings. The molecule has 96 valence electrons. The molecule has 0 bridgehead atoms. The smallest absolute Gasteiger partial charge is 0.141 e. The fraction of sp³-hybridized carbons (Fsp3) is 0.286. The highest BCUT2D eigenvalue weighted by molar-refractivity contribution is 7.07. The predicted molar refractivity (Wildman–Crippen MR) is 76.0 cm³/mol. The monoisotopic (exact) mass is 283 g/mol. The first kappa shape index (κ1) is 13.5. The van der Waals surface area contributed by atoms with E-state index in [9.17, 15) is 4.39 Å². The van der Waals surface area contributed by atoms with Gasteiger partial charge in [-0.3, -0.25) is 0 Å². The molecular weight excluding hydrogens is 269 g/mol. The van der Waals surface area contributed by atoms with E-state index < -0.39 is 0 Å². The Kier molecular flexibility index (Phi) is 4.75. The van der Waals surface area contributed by atoms with Crippen LogP contribution in [-0.4, -0.2) is 13.1 Å². The molecule has 1 aromatic heterocycles. The summed E-state index contributed by atoms with van der Waals surface area (Å²) >= 11 is 7.49. The molecule has 1 nitrogen and oxygen atoms in total. The lowest BCUT2D eigenvalue weighted by atomic mass is 10.0. The molecule has 0 saturated carbocycles. The third-order valence-electron chi connectivity index (χ3n) is 2.94. The summed E-state index contributed by atoms with van der Waals surface area (Å²) < 4.78 is 13.1. The van der Waals surface area contributed by atoms with Gasteiger partial charge in [0.15, 0.2) is 0 Å². The third-order valence-corrected chi connectivity index (χ3v) is 3.96. The lowest BCUT2D eigenvalue weighted by molar-refractivity contribution is 0.556. The average molecular weight is 284 g/mol. The van der Waals surface area contributed by atoms with E-state index in [2.05, 4.69) is 22.1 Å². The second-order valence-electron chi connectivity index (χ2n) is 4.27. The molecule has 1 heterocycles. The van der Waals surface area contributed by atoms with Gasteiger partial charge in [-0.15, -0.1) is 0 Å². The van der Waals surface area contributed by atoms with Crippen molar-refractivity contribution in [3.8, 4) is 0 Å². The summed E-state index contributed by atoms with van der Waals surface area (Å²) in [6, 6.07) is 7.39. The van der Waals surface area contributed by atoms with Gasteiger partial charge in [-0.1, -0.05) is 17.7 Å². The Morgan fingerprint density at radius 1 is 1.28 bits per heavy atom. The minimum absolute atomic E-state index is 0.192.